The van der Waals surface area contributed by atoms with Gasteiger partial charge in [0.1, 0.15) is 22.5 Å². The summed E-state index contributed by atoms with van der Waals surface area (Å²) in [7, 11) is 0. The number of amides is 3. The van der Waals surface area contributed by atoms with E-state index in [9.17, 15) is 28.8 Å². The van der Waals surface area contributed by atoms with E-state index in [2.05, 4.69) is 65.0 Å². The van der Waals surface area contributed by atoms with Gasteiger partial charge in [-0.3, -0.25) is 28.3 Å². The molecular formula is C62H83ClN14O8S2. The second kappa shape index (κ2) is 30.7. The summed E-state index contributed by atoms with van der Waals surface area (Å²) in [6, 6.07) is 23.0. The molecule has 0 atom stereocenters. The third-order valence-electron chi connectivity index (χ3n) is 14.9. The van der Waals surface area contributed by atoms with Crippen molar-refractivity contribution in [2.24, 2.45) is 11.8 Å². The van der Waals surface area contributed by atoms with Crippen LogP contribution in [0.25, 0.3) is 22.1 Å². The van der Waals surface area contributed by atoms with Gasteiger partial charge in [0.2, 0.25) is 23.0 Å². The van der Waals surface area contributed by atoms with Crippen LogP contribution in [0.2, 0.25) is 0 Å². The van der Waals surface area contributed by atoms with Gasteiger partial charge in [0.25, 0.3) is 11.1 Å². The van der Waals surface area contributed by atoms with Gasteiger partial charge < -0.3 is 49.9 Å². The van der Waals surface area contributed by atoms with Gasteiger partial charge in [0.15, 0.2) is 0 Å². The molecular weight excluding hydrogens is 1170 g/mol. The van der Waals surface area contributed by atoms with E-state index in [1.807, 2.05) is 83.2 Å². The summed E-state index contributed by atoms with van der Waals surface area (Å²) in [6.45, 7) is 21.8. The molecule has 2 aromatic carbocycles. The van der Waals surface area contributed by atoms with Crippen LogP contribution < -0.4 is 36.9 Å². The van der Waals surface area contributed by atoms with E-state index in [-0.39, 0.29) is 34.5 Å². The number of nitrogens with zero attached hydrogens (tertiary/aromatic N) is 11. The number of rotatable bonds is 18. The molecule has 8 heterocycles. The second-order valence-electron chi connectivity index (χ2n) is 24.0. The Bertz CT molecular complexity index is 3410. The number of nitrogens with one attached hydrogen (secondary N) is 3. The first kappa shape index (κ1) is 65.8. The molecule has 0 unspecified atom stereocenters. The average molecular weight is 1250 g/mol. The number of carbonyl (C=O) groups is 4. The molecule has 22 nitrogen and oxygen atoms in total. The number of anilines is 6. The van der Waals surface area contributed by atoms with Crippen LogP contribution in [-0.4, -0.2) is 181 Å². The summed E-state index contributed by atoms with van der Waals surface area (Å²) in [5, 5.41) is 11.3. The van der Waals surface area contributed by atoms with Gasteiger partial charge in [-0.05, 0) is 151 Å². The van der Waals surface area contributed by atoms with E-state index in [4.69, 9.17) is 26.1 Å². The number of hydrogen-bond acceptors (Lipinski definition) is 19. The number of thioether (sulfide) groups is 2. The van der Waals surface area contributed by atoms with Gasteiger partial charge >= 0.3 is 12.2 Å². The molecule has 10 rings (SSSR count). The lowest BCUT2D eigenvalue weighted by Crippen LogP contribution is -2.51. The van der Waals surface area contributed by atoms with Gasteiger partial charge in [-0.15, -0.1) is 0 Å². The summed E-state index contributed by atoms with van der Waals surface area (Å²) in [4.78, 5) is 101. The molecule has 0 bridgehead atoms. The number of carbonyl (C=O) groups excluding carboxylic acids is 4. The minimum absolute atomic E-state index is 0.0964. The van der Waals surface area contributed by atoms with E-state index in [1.165, 1.54) is 5.69 Å². The first-order valence-corrected chi connectivity index (χ1v) is 32.9. The molecule has 0 saturated carbocycles. The second-order valence-corrected chi connectivity index (χ2v) is 26.4. The summed E-state index contributed by atoms with van der Waals surface area (Å²) in [5.74, 6) is 3.42. The monoisotopic (exact) mass is 1250 g/mol. The number of aryl methyl sites for hydroxylation is 2. The Hall–Kier alpha value is -7.15. The number of aromatic nitrogens is 6. The zero-order valence-electron chi connectivity index (χ0n) is 51.3. The summed E-state index contributed by atoms with van der Waals surface area (Å²) in [6.07, 6.45) is 9.48. The van der Waals surface area contributed by atoms with E-state index >= 15 is 0 Å². The van der Waals surface area contributed by atoms with E-state index in [1.54, 1.807) is 79.1 Å². The van der Waals surface area contributed by atoms with E-state index in [0.29, 0.717) is 87.1 Å². The highest BCUT2D eigenvalue weighted by atomic mass is 35.5. The molecule has 25 heteroatoms. The van der Waals surface area contributed by atoms with Crippen molar-refractivity contribution in [3.63, 3.8) is 0 Å². The maximum Gasteiger partial charge on any atom is 0.410 e. The largest absolute Gasteiger partial charge is 0.444 e. The third-order valence-corrected chi connectivity index (χ3v) is 16.3. The van der Waals surface area contributed by atoms with E-state index in [0.717, 1.165) is 105 Å². The molecule has 4 aliphatic rings. The van der Waals surface area contributed by atoms with Crippen molar-refractivity contribution in [3.05, 3.63) is 106 Å². The van der Waals surface area contributed by atoms with Crippen LogP contribution in [0.15, 0.2) is 94.8 Å². The number of piperazine rings is 2. The zero-order valence-corrected chi connectivity index (χ0v) is 53.6. The minimum Gasteiger partial charge on any atom is -0.444 e. The lowest BCUT2D eigenvalue weighted by atomic mass is 9.97. The first-order valence-electron chi connectivity index (χ1n) is 29.7. The highest BCUT2D eigenvalue weighted by Crippen LogP contribution is 2.27. The number of fused-ring (bicyclic) bond motifs is 2. The van der Waals surface area contributed by atoms with Gasteiger partial charge in [-0.1, -0.05) is 0 Å². The summed E-state index contributed by atoms with van der Waals surface area (Å²) >= 11 is 8.33. The number of likely N-dealkylation sites (tertiary alicyclic amines) is 2. The molecule has 0 spiro atoms. The maximum atomic E-state index is 12.8. The van der Waals surface area contributed by atoms with Gasteiger partial charge in [0, 0.05) is 174 Å². The molecule has 4 aliphatic heterocycles. The lowest BCUT2D eigenvalue weighted by Gasteiger charge is -2.39. The average Bonchev–Trinajstić information content (AvgIpc) is 2.96. The predicted molar refractivity (Wildman–Crippen MR) is 350 cm³/mol. The van der Waals surface area contributed by atoms with Crippen molar-refractivity contribution < 1.29 is 28.7 Å². The van der Waals surface area contributed by atoms with Crippen LogP contribution in [0, 0.1) is 11.8 Å². The fourth-order valence-corrected chi connectivity index (χ4v) is 11.2. The first-order chi connectivity index (χ1) is 41.6. The van der Waals surface area contributed by atoms with Crippen LogP contribution in [0.3, 0.4) is 0 Å². The van der Waals surface area contributed by atoms with Gasteiger partial charge in [-0.25, -0.2) is 19.6 Å². The number of benzene rings is 2. The maximum absolute atomic E-state index is 12.8. The molecule has 4 saturated heterocycles. The van der Waals surface area contributed by atoms with E-state index < -0.39 is 11.2 Å². The smallest absolute Gasteiger partial charge is 0.410 e. The van der Waals surface area contributed by atoms with Crippen LogP contribution in [0.5, 0.6) is 0 Å². The zero-order chi connectivity index (χ0) is 62.3. The SMILES string of the molecule is CC(C)(C)OC(=O)N1CC(CCn2c(=O)ccc3cnc(Nc4ccc(N5CCNCC5)cc4)nc32)C1.CSCCC(=O)Cl.CSCCC(=O)N1CCN(c2ccc(Nc3ncc4ccc(=O)n(CCC5CN(C(=O)OC(C)(C)C)C5)c4n3)cc2)CC1. The Morgan fingerprint density at radius 1 is 0.575 bits per heavy atom. The molecule has 468 valence electrons. The highest BCUT2D eigenvalue weighted by Gasteiger charge is 2.35. The third kappa shape index (κ3) is 19.4. The predicted octanol–water partition coefficient (Wildman–Crippen LogP) is 8.90. The van der Waals surface area contributed by atoms with Crippen molar-refractivity contribution in [2.45, 2.75) is 91.5 Å². The van der Waals surface area contributed by atoms with Crippen molar-refractivity contribution in [3.8, 4) is 0 Å². The fourth-order valence-electron chi connectivity index (χ4n) is 10.2. The van der Waals surface area contributed by atoms with Crippen molar-refractivity contribution in [1.82, 2.24) is 49.1 Å². The summed E-state index contributed by atoms with van der Waals surface area (Å²) < 4.78 is 14.3. The minimum atomic E-state index is -0.517. The quantitative estimate of drug-likeness (QED) is 0.0681. The highest BCUT2D eigenvalue weighted by molar-refractivity contribution is 7.98. The number of halogens is 1. The molecule has 0 aliphatic carbocycles. The molecule has 3 amide bonds. The Labute approximate surface area is 522 Å². The molecule has 3 N–H and O–H groups in total. The Morgan fingerprint density at radius 2 is 0.989 bits per heavy atom. The number of pyridine rings is 2. The fraction of sp³-hybridized carbons (Fsp3) is 0.516. The molecule has 87 heavy (non-hydrogen) atoms. The molecule has 6 aromatic rings. The van der Waals surface area contributed by atoms with Gasteiger partial charge in [-0.2, -0.15) is 33.5 Å². The van der Waals surface area contributed by atoms with Crippen molar-refractivity contribution >= 4 is 115 Å². The van der Waals surface area contributed by atoms with Crippen LogP contribution in [-0.2, 0) is 32.2 Å². The number of ether oxygens (including phenoxy) is 2. The molecule has 4 fully saturated rings. The Kier molecular flexibility index (Phi) is 23.2. The normalized spacial score (nSPS) is 15.6. The Balaban J connectivity index is 0.000000205. The lowest BCUT2D eigenvalue weighted by molar-refractivity contribution is -0.131. The van der Waals surface area contributed by atoms with Crippen molar-refractivity contribution in [1.29, 1.82) is 0 Å². The standard InChI is InChI=1S/C31H41N7O4S.C27H35N7O3.C4H7ClOS/c1-31(2,3)42-30(41)37-20-22(21-37)11-13-38-27(40)10-5-23-19-32-29(34-28(23)38)33-24-6-8-25(9-7-24)35-14-16-36(17-15-35)26(39)12-18-43-4;1-27(2,3)37-26(36)33-17-19(18-33)10-13-34-23(35)9-4-20-16-29-25(31-24(20)34)30-21-5-7-22(8-6-21)32-14-11-28-12-15-32;1-7-3-2-4(5)6/h5-10,19,22H,11-18,20-21H2,1-4H3,(H,32,33,34);4-9,16,19,28H,10-15,17-18H2,1-3H3,(H,29,30,31);2-3H2,1H3. The summed E-state index contributed by atoms with van der Waals surface area (Å²) in [5.41, 5.74) is 3.99. The Morgan fingerprint density at radius 3 is 1.38 bits per heavy atom. The molecule has 4 aromatic heterocycles. The topological polar surface area (TPSA) is 235 Å². The van der Waals surface area contributed by atoms with Gasteiger partial charge in [0.05, 0.1) is 0 Å². The number of hydrogen-bond donors (Lipinski definition) is 3. The van der Waals surface area contributed by atoms with Crippen LogP contribution in [0.1, 0.15) is 67.2 Å². The molecule has 0 radical (unpaired) electrons. The van der Waals surface area contributed by atoms with Crippen LogP contribution >= 0.6 is 35.1 Å². The van der Waals surface area contributed by atoms with Crippen molar-refractivity contribution in [2.75, 3.05) is 123 Å². The van der Waals surface area contributed by atoms with Crippen LogP contribution in [0.4, 0.5) is 44.2 Å².